The second-order valence-corrected chi connectivity index (χ2v) is 4.95. The van der Waals surface area contributed by atoms with Crippen LogP contribution in [0, 0.1) is 5.92 Å². The fourth-order valence-electron chi connectivity index (χ4n) is 1.53. The van der Waals surface area contributed by atoms with Crippen LogP contribution in [0.25, 0.3) is 0 Å². The fraction of sp³-hybridized carbons (Fsp3) is 0.643. The van der Waals surface area contributed by atoms with Crippen molar-refractivity contribution in [1.29, 1.82) is 0 Å². The zero-order valence-corrected chi connectivity index (χ0v) is 12.0. The highest BCUT2D eigenvalue weighted by Crippen LogP contribution is 2.15. The number of carboxylic acid groups (broad SMARTS) is 1. The Hall–Kier alpha value is -1.89. The second-order valence-electron chi connectivity index (χ2n) is 4.95. The Kier molecular flexibility index (Phi) is 6.87. The number of hydrogen-bond acceptors (Lipinski definition) is 6. The number of carbonyl (C=O) groups excluding carboxylic acids is 2. The van der Waals surface area contributed by atoms with Gasteiger partial charge in [-0.05, 0) is 19.8 Å². The average Bonchev–Trinajstić information content (AvgIpc) is 3.23. The molecule has 0 aromatic heterocycles. The molecule has 1 heterocycles. The van der Waals surface area contributed by atoms with E-state index in [0.717, 1.165) is 0 Å². The van der Waals surface area contributed by atoms with E-state index in [-0.39, 0.29) is 37.7 Å². The lowest BCUT2D eigenvalue weighted by Crippen LogP contribution is -2.26. The van der Waals surface area contributed by atoms with E-state index < -0.39 is 23.8 Å². The molecule has 7 nitrogen and oxygen atoms in total. The van der Waals surface area contributed by atoms with Crippen LogP contribution in [0.2, 0.25) is 0 Å². The van der Waals surface area contributed by atoms with Crippen molar-refractivity contribution in [2.45, 2.75) is 32.3 Å². The first-order valence-electron chi connectivity index (χ1n) is 6.72. The minimum absolute atomic E-state index is 0.0495. The molecule has 1 N–H and O–H groups in total. The van der Waals surface area contributed by atoms with Crippen LogP contribution in [0.3, 0.4) is 0 Å². The monoisotopic (exact) mass is 300 g/mol. The number of carboxylic acids is 1. The van der Waals surface area contributed by atoms with E-state index in [1.54, 1.807) is 0 Å². The van der Waals surface area contributed by atoms with Crippen LogP contribution in [0.15, 0.2) is 12.2 Å². The zero-order chi connectivity index (χ0) is 15.8. The summed E-state index contributed by atoms with van der Waals surface area (Å²) in [4.78, 5) is 33.7. The van der Waals surface area contributed by atoms with Crippen LogP contribution >= 0.6 is 0 Å². The van der Waals surface area contributed by atoms with E-state index in [1.165, 1.54) is 6.92 Å². The van der Waals surface area contributed by atoms with Crippen molar-refractivity contribution in [1.82, 2.24) is 0 Å². The molecule has 0 bridgehead atoms. The average molecular weight is 300 g/mol. The molecule has 1 aliphatic heterocycles. The minimum Gasteiger partial charge on any atom is -0.481 e. The van der Waals surface area contributed by atoms with Crippen molar-refractivity contribution in [3.63, 3.8) is 0 Å². The summed E-state index contributed by atoms with van der Waals surface area (Å²) >= 11 is 0. The highest BCUT2D eigenvalue weighted by molar-refractivity contribution is 5.87. The molecule has 0 radical (unpaired) electrons. The first-order valence-corrected chi connectivity index (χ1v) is 6.72. The van der Waals surface area contributed by atoms with Gasteiger partial charge in [0.2, 0.25) is 0 Å². The lowest BCUT2D eigenvalue weighted by atomic mass is 10.0. The SMILES string of the molecule is C=C(C)C(=O)OCC(CCCC(=O)O)C(=O)OCC1CO1. The van der Waals surface area contributed by atoms with Gasteiger partial charge in [0.1, 0.15) is 19.3 Å². The predicted octanol–water partition coefficient (Wildman–Crippen LogP) is 0.919. The Bertz CT molecular complexity index is 412. The molecule has 1 fully saturated rings. The number of rotatable bonds is 10. The third kappa shape index (κ3) is 7.45. The Labute approximate surface area is 122 Å². The van der Waals surface area contributed by atoms with Crippen LogP contribution in [0.1, 0.15) is 26.2 Å². The molecule has 1 aliphatic rings. The van der Waals surface area contributed by atoms with Crippen LogP contribution in [0.4, 0.5) is 0 Å². The summed E-state index contributed by atoms with van der Waals surface area (Å²) in [5.41, 5.74) is 0.235. The van der Waals surface area contributed by atoms with Crippen LogP contribution in [-0.4, -0.2) is 48.9 Å². The normalized spacial score (nSPS) is 17.7. The molecule has 0 aliphatic carbocycles. The van der Waals surface area contributed by atoms with Gasteiger partial charge in [-0.1, -0.05) is 6.58 Å². The molecular formula is C14H20O7. The summed E-state index contributed by atoms with van der Waals surface area (Å²) < 4.78 is 14.9. The van der Waals surface area contributed by atoms with E-state index in [9.17, 15) is 14.4 Å². The number of carbonyl (C=O) groups is 3. The van der Waals surface area contributed by atoms with Gasteiger partial charge >= 0.3 is 17.9 Å². The van der Waals surface area contributed by atoms with Crippen molar-refractivity contribution >= 4 is 17.9 Å². The smallest absolute Gasteiger partial charge is 0.333 e. The van der Waals surface area contributed by atoms with Gasteiger partial charge in [-0.2, -0.15) is 0 Å². The molecule has 0 saturated carbocycles. The number of epoxide rings is 1. The second kappa shape index (κ2) is 8.41. The molecule has 1 saturated heterocycles. The number of ether oxygens (including phenoxy) is 3. The van der Waals surface area contributed by atoms with Gasteiger partial charge in [-0.3, -0.25) is 9.59 Å². The van der Waals surface area contributed by atoms with Crippen molar-refractivity contribution in [2.75, 3.05) is 19.8 Å². The summed E-state index contributed by atoms with van der Waals surface area (Å²) in [6.45, 7) is 5.55. The zero-order valence-electron chi connectivity index (χ0n) is 12.0. The first kappa shape index (κ1) is 17.2. The summed E-state index contributed by atoms with van der Waals surface area (Å²) in [6.07, 6.45) is 0.482. The van der Waals surface area contributed by atoms with Gasteiger partial charge < -0.3 is 19.3 Å². The van der Waals surface area contributed by atoms with E-state index in [2.05, 4.69) is 6.58 Å². The Morgan fingerprint density at radius 2 is 2.05 bits per heavy atom. The summed E-state index contributed by atoms with van der Waals surface area (Å²) in [7, 11) is 0. The van der Waals surface area contributed by atoms with Crippen LogP contribution < -0.4 is 0 Å². The van der Waals surface area contributed by atoms with Crippen molar-refractivity contribution in [3.05, 3.63) is 12.2 Å². The van der Waals surface area contributed by atoms with Crippen molar-refractivity contribution in [2.24, 2.45) is 5.92 Å². The lowest BCUT2D eigenvalue weighted by molar-refractivity contribution is -0.154. The predicted molar refractivity (Wildman–Crippen MR) is 71.4 cm³/mol. The topological polar surface area (TPSA) is 102 Å². The highest BCUT2D eigenvalue weighted by Gasteiger charge is 2.28. The van der Waals surface area contributed by atoms with E-state index in [0.29, 0.717) is 13.0 Å². The largest absolute Gasteiger partial charge is 0.481 e. The first-order chi connectivity index (χ1) is 9.90. The Morgan fingerprint density at radius 3 is 2.57 bits per heavy atom. The molecule has 2 unspecified atom stereocenters. The highest BCUT2D eigenvalue weighted by atomic mass is 16.6. The van der Waals surface area contributed by atoms with Gasteiger partial charge in [0.15, 0.2) is 0 Å². The Morgan fingerprint density at radius 1 is 1.38 bits per heavy atom. The number of hydrogen-bond donors (Lipinski definition) is 1. The minimum atomic E-state index is -0.938. The van der Waals surface area contributed by atoms with Crippen molar-refractivity contribution in [3.8, 4) is 0 Å². The molecule has 0 spiro atoms. The van der Waals surface area contributed by atoms with Gasteiger partial charge in [-0.25, -0.2) is 4.79 Å². The third-order valence-electron chi connectivity index (χ3n) is 2.85. The fourth-order valence-corrected chi connectivity index (χ4v) is 1.53. The molecular weight excluding hydrogens is 280 g/mol. The third-order valence-corrected chi connectivity index (χ3v) is 2.85. The van der Waals surface area contributed by atoms with E-state index in [4.69, 9.17) is 19.3 Å². The molecule has 7 heteroatoms. The molecule has 2 atom stereocenters. The number of aliphatic carboxylic acids is 1. The molecule has 0 aromatic carbocycles. The lowest BCUT2D eigenvalue weighted by Gasteiger charge is -2.15. The molecule has 21 heavy (non-hydrogen) atoms. The van der Waals surface area contributed by atoms with Gasteiger partial charge in [0.05, 0.1) is 12.5 Å². The van der Waals surface area contributed by atoms with Crippen LogP contribution in [-0.2, 0) is 28.6 Å². The Balaban J connectivity index is 2.42. The summed E-state index contributed by atoms with van der Waals surface area (Å²) in [6, 6.07) is 0. The molecule has 118 valence electrons. The van der Waals surface area contributed by atoms with E-state index in [1.807, 2.05) is 0 Å². The van der Waals surface area contributed by atoms with Gasteiger partial charge in [-0.15, -0.1) is 0 Å². The van der Waals surface area contributed by atoms with Crippen molar-refractivity contribution < 1.29 is 33.7 Å². The molecule has 1 rings (SSSR count). The maximum absolute atomic E-state index is 11.9. The van der Waals surface area contributed by atoms with Gasteiger partial charge in [0.25, 0.3) is 0 Å². The molecule has 0 amide bonds. The quantitative estimate of drug-likeness (QED) is 0.363. The standard InChI is InChI=1S/C14H20O7/c1-9(2)13(17)20-6-10(4-3-5-12(15)16)14(18)21-8-11-7-19-11/h10-11H,1,3-8H2,2H3,(H,15,16). The maximum atomic E-state index is 11.9. The maximum Gasteiger partial charge on any atom is 0.333 e. The van der Waals surface area contributed by atoms with Gasteiger partial charge in [0, 0.05) is 12.0 Å². The van der Waals surface area contributed by atoms with E-state index >= 15 is 0 Å². The molecule has 0 aromatic rings. The number of esters is 2. The van der Waals surface area contributed by atoms with Crippen LogP contribution in [0.5, 0.6) is 0 Å². The summed E-state index contributed by atoms with van der Waals surface area (Å²) in [5.74, 6) is -2.71. The summed E-state index contributed by atoms with van der Waals surface area (Å²) in [5, 5.41) is 8.61.